The lowest BCUT2D eigenvalue weighted by molar-refractivity contribution is 1.18. The van der Waals surface area contributed by atoms with Crippen LogP contribution in [0.4, 0.5) is 0 Å². The number of hydrogen-bond acceptors (Lipinski definition) is 0. The van der Waals surface area contributed by atoms with Crippen LogP contribution in [-0.2, 0) is 0 Å². The Balaban J connectivity index is 2.45. The highest BCUT2D eigenvalue weighted by Crippen LogP contribution is 2.06. The first kappa shape index (κ1) is 5.16. The Labute approximate surface area is 49.4 Å². The van der Waals surface area contributed by atoms with Gasteiger partial charge in [0.1, 0.15) is 0 Å². The molecule has 0 fully saturated rings. The van der Waals surface area contributed by atoms with E-state index in [2.05, 4.69) is 11.9 Å². The second-order valence-electron chi connectivity index (χ2n) is 1.66. The minimum absolute atomic E-state index is 0.931. The van der Waals surface area contributed by atoms with E-state index >= 15 is 0 Å². The fourth-order valence-electron chi connectivity index (χ4n) is 0.608. The molecule has 0 aromatic rings. The maximum atomic E-state index is 3.89. The second-order valence-corrected chi connectivity index (χ2v) is 1.66. The van der Waals surface area contributed by atoms with Gasteiger partial charge in [0.2, 0.25) is 0 Å². The molecule has 1 nitrogen and oxygen atoms in total. The summed E-state index contributed by atoms with van der Waals surface area (Å²) in [5.74, 6) is 0. The molecule has 0 spiro atoms. The van der Waals surface area contributed by atoms with Crippen molar-refractivity contribution in [3.63, 3.8) is 0 Å². The summed E-state index contributed by atoms with van der Waals surface area (Å²) >= 11 is 0. The molecule has 0 N–H and O–H groups in total. The lowest BCUT2D eigenvalue weighted by Crippen LogP contribution is -1.73. The van der Waals surface area contributed by atoms with Crippen LogP contribution < -0.4 is 5.32 Å². The van der Waals surface area contributed by atoms with Crippen LogP contribution in [0.5, 0.6) is 0 Å². The summed E-state index contributed by atoms with van der Waals surface area (Å²) in [6.45, 7) is 3.61. The first-order valence-corrected chi connectivity index (χ1v) is 2.60. The third-order valence-electron chi connectivity index (χ3n) is 0.995. The Bertz CT molecular complexity index is 142. The molecule has 41 valence electrons. The lowest BCUT2D eigenvalue weighted by atomic mass is 10.2. The van der Waals surface area contributed by atoms with Crippen molar-refractivity contribution in [3.8, 4) is 0 Å². The van der Waals surface area contributed by atoms with Gasteiger partial charge in [-0.3, -0.25) is 5.32 Å². The Morgan fingerprint density at radius 1 is 1.75 bits per heavy atom. The van der Waals surface area contributed by atoms with Crippen LogP contribution >= 0.6 is 0 Å². The molecule has 0 bridgehead atoms. The summed E-state index contributed by atoms with van der Waals surface area (Å²) in [6.07, 6.45) is 8.43. The van der Waals surface area contributed by atoms with Gasteiger partial charge in [-0.05, 0) is 18.1 Å². The molecule has 0 saturated heterocycles. The summed E-state index contributed by atoms with van der Waals surface area (Å²) in [6, 6.07) is 0. The van der Waals surface area contributed by atoms with Gasteiger partial charge in [-0.25, -0.2) is 0 Å². The van der Waals surface area contributed by atoms with Crippen molar-refractivity contribution in [2.75, 3.05) is 0 Å². The molecule has 1 rings (SSSR count). The van der Waals surface area contributed by atoms with E-state index in [0.29, 0.717) is 0 Å². The van der Waals surface area contributed by atoms with Gasteiger partial charge in [0.15, 0.2) is 0 Å². The van der Waals surface area contributed by atoms with Gasteiger partial charge < -0.3 is 0 Å². The molecule has 1 aliphatic heterocycles. The number of hydrogen-bond donors (Lipinski definition) is 0. The van der Waals surface area contributed by atoms with Crippen molar-refractivity contribution in [2.45, 2.75) is 6.42 Å². The molecule has 1 aliphatic rings. The van der Waals surface area contributed by atoms with Gasteiger partial charge in [-0.1, -0.05) is 6.08 Å². The third kappa shape index (κ3) is 0.997. The van der Waals surface area contributed by atoms with Crippen LogP contribution in [0.25, 0.3) is 0 Å². The number of allylic oxidation sites excluding steroid dienone is 3. The van der Waals surface area contributed by atoms with E-state index in [4.69, 9.17) is 0 Å². The van der Waals surface area contributed by atoms with Crippen LogP contribution in [-0.4, -0.2) is 0 Å². The molecule has 0 aromatic carbocycles. The summed E-state index contributed by atoms with van der Waals surface area (Å²) in [5, 5.41) is 3.89. The van der Waals surface area contributed by atoms with E-state index in [-0.39, 0.29) is 0 Å². The summed E-state index contributed by atoms with van der Waals surface area (Å²) in [4.78, 5) is 0. The summed E-state index contributed by atoms with van der Waals surface area (Å²) in [5.41, 5.74) is 1.24. The molecule has 0 aliphatic carbocycles. The molecular weight excluding hydrogens is 98.1 g/mol. The number of rotatable bonds is 2. The molecular formula is C7H8N. The molecule has 0 atom stereocenters. The topological polar surface area (TPSA) is 14.1 Å². The van der Waals surface area contributed by atoms with E-state index in [9.17, 15) is 0 Å². The predicted molar refractivity (Wildman–Crippen MR) is 34.2 cm³/mol. The fourth-order valence-corrected chi connectivity index (χ4v) is 0.608. The highest BCUT2D eigenvalue weighted by atomic mass is 14.8. The van der Waals surface area contributed by atoms with E-state index in [1.54, 1.807) is 6.20 Å². The fraction of sp³-hybridized carbons (Fsp3) is 0.143. The minimum Gasteiger partial charge on any atom is -0.264 e. The van der Waals surface area contributed by atoms with Gasteiger partial charge in [-0.2, -0.15) is 0 Å². The Morgan fingerprint density at radius 3 is 3.12 bits per heavy atom. The van der Waals surface area contributed by atoms with Crippen molar-refractivity contribution >= 4 is 0 Å². The zero-order valence-electron chi connectivity index (χ0n) is 4.67. The molecule has 1 heterocycles. The zero-order valence-corrected chi connectivity index (χ0v) is 4.67. The maximum Gasteiger partial charge on any atom is 0.0303 e. The van der Waals surface area contributed by atoms with Gasteiger partial charge in [0, 0.05) is 12.4 Å². The van der Waals surface area contributed by atoms with E-state index in [1.165, 1.54) is 5.57 Å². The first-order valence-electron chi connectivity index (χ1n) is 2.60. The normalized spacial score (nSPS) is 15.2. The number of nitrogens with zero attached hydrogens (tertiary/aromatic N) is 1. The van der Waals surface area contributed by atoms with Crippen LogP contribution in [0, 0.1) is 0 Å². The van der Waals surface area contributed by atoms with Crippen LogP contribution in [0.15, 0.2) is 36.7 Å². The van der Waals surface area contributed by atoms with Gasteiger partial charge in [0.25, 0.3) is 0 Å². The van der Waals surface area contributed by atoms with Crippen LogP contribution in [0.3, 0.4) is 0 Å². The molecule has 0 unspecified atom stereocenters. The molecule has 0 aromatic heterocycles. The average Bonchev–Trinajstić information content (AvgIpc) is 2.19. The molecule has 0 saturated carbocycles. The molecule has 1 radical (unpaired) electrons. The van der Waals surface area contributed by atoms with Crippen molar-refractivity contribution in [2.24, 2.45) is 0 Å². The van der Waals surface area contributed by atoms with Gasteiger partial charge >= 0.3 is 0 Å². The third-order valence-corrected chi connectivity index (χ3v) is 0.995. The quantitative estimate of drug-likeness (QED) is 0.474. The Morgan fingerprint density at radius 2 is 2.62 bits per heavy atom. The maximum absolute atomic E-state index is 3.89. The van der Waals surface area contributed by atoms with E-state index in [1.807, 2.05) is 18.4 Å². The van der Waals surface area contributed by atoms with Crippen LogP contribution in [0.2, 0.25) is 0 Å². The lowest BCUT2D eigenvalue weighted by Gasteiger charge is -1.84. The molecule has 8 heavy (non-hydrogen) atoms. The van der Waals surface area contributed by atoms with E-state index < -0.39 is 0 Å². The highest BCUT2D eigenvalue weighted by molar-refractivity contribution is 5.25. The standard InChI is InChI=1S/C7H8N/c1-2-3-7-4-5-8-6-7/h2,4-6H,1,3H2. The SMILES string of the molecule is C=CCC1=C[N]C=C1. The van der Waals surface area contributed by atoms with Crippen molar-refractivity contribution in [1.82, 2.24) is 5.32 Å². The smallest absolute Gasteiger partial charge is 0.0303 e. The molecule has 0 amide bonds. The van der Waals surface area contributed by atoms with Crippen LogP contribution in [0.1, 0.15) is 6.42 Å². The summed E-state index contributed by atoms with van der Waals surface area (Å²) in [7, 11) is 0. The van der Waals surface area contributed by atoms with Gasteiger partial charge in [0.05, 0.1) is 0 Å². The van der Waals surface area contributed by atoms with Gasteiger partial charge in [-0.15, -0.1) is 6.58 Å². The minimum atomic E-state index is 0.931. The second kappa shape index (κ2) is 2.36. The largest absolute Gasteiger partial charge is 0.264 e. The highest BCUT2D eigenvalue weighted by Gasteiger charge is 1.92. The van der Waals surface area contributed by atoms with Crippen molar-refractivity contribution in [3.05, 3.63) is 36.7 Å². The Hall–Kier alpha value is -0.980. The predicted octanol–water partition coefficient (Wildman–Crippen LogP) is 1.58. The monoisotopic (exact) mass is 106 g/mol. The Kier molecular flexibility index (Phi) is 1.52. The first-order chi connectivity index (χ1) is 3.93. The van der Waals surface area contributed by atoms with Crippen molar-refractivity contribution in [1.29, 1.82) is 0 Å². The molecule has 1 heteroatoms. The summed E-state index contributed by atoms with van der Waals surface area (Å²) < 4.78 is 0. The van der Waals surface area contributed by atoms with Crippen molar-refractivity contribution < 1.29 is 0 Å². The van der Waals surface area contributed by atoms with E-state index in [0.717, 1.165) is 6.42 Å². The average molecular weight is 106 g/mol. The zero-order chi connectivity index (χ0) is 5.82.